The Bertz CT molecular complexity index is 1010. The first-order valence-corrected chi connectivity index (χ1v) is 10.8. The van der Waals surface area contributed by atoms with E-state index in [1.54, 1.807) is 23.2 Å². The van der Waals surface area contributed by atoms with Crippen molar-refractivity contribution in [3.63, 3.8) is 0 Å². The van der Waals surface area contributed by atoms with Crippen LogP contribution in [0.4, 0.5) is 4.39 Å². The fraction of sp³-hybridized carbons (Fsp3) is 0.440. The lowest BCUT2D eigenvalue weighted by Gasteiger charge is -2.30. The van der Waals surface area contributed by atoms with Gasteiger partial charge in [-0.05, 0) is 43.0 Å². The molecule has 0 bridgehead atoms. The molecule has 164 valence electrons. The van der Waals surface area contributed by atoms with Gasteiger partial charge in [-0.15, -0.1) is 0 Å². The van der Waals surface area contributed by atoms with Crippen molar-refractivity contribution in [2.45, 2.75) is 58.1 Å². The molecular formula is C25H30FN3O2. The zero-order valence-electron chi connectivity index (χ0n) is 18.9. The quantitative estimate of drug-likeness (QED) is 0.715. The molecule has 1 fully saturated rings. The Morgan fingerprint density at radius 2 is 1.77 bits per heavy atom. The van der Waals surface area contributed by atoms with Crippen LogP contribution in [0.3, 0.4) is 0 Å². The largest absolute Gasteiger partial charge is 0.385 e. The van der Waals surface area contributed by atoms with Crippen LogP contribution in [0.5, 0.6) is 0 Å². The molecule has 0 aromatic heterocycles. The second-order valence-corrected chi connectivity index (χ2v) is 9.85. The van der Waals surface area contributed by atoms with Crippen molar-refractivity contribution in [1.29, 1.82) is 0 Å². The van der Waals surface area contributed by atoms with Crippen molar-refractivity contribution < 1.29 is 14.0 Å². The van der Waals surface area contributed by atoms with Crippen molar-refractivity contribution in [2.75, 3.05) is 13.1 Å². The fourth-order valence-electron chi connectivity index (χ4n) is 4.24. The Hall–Kier alpha value is -2.73. The normalized spacial score (nSPS) is 21.6. The number of hydrogen-bond donors (Lipinski definition) is 0. The van der Waals surface area contributed by atoms with Crippen LogP contribution in [0.25, 0.3) is 0 Å². The molecule has 0 aliphatic carbocycles. The molecule has 1 amide bonds. The van der Waals surface area contributed by atoms with Crippen molar-refractivity contribution in [3.05, 3.63) is 71.0 Å². The van der Waals surface area contributed by atoms with Gasteiger partial charge in [-0.25, -0.2) is 9.40 Å². The van der Waals surface area contributed by atoms with Gasteiger partial charge in [0.15, 0.2) is 5.60 Å². The molecule has 1 atom stereocenters. The van der Waals surface area contributed by atoms with Crippen molar-refractivity contribution >= 4 is 11.6 Å². The predicted octanol–water partition coefficient (Wildman–Crippen LogP) is 4.77. The van der Waals surface area contributed by atoms with Crippen LogP contribution in [-0.4, -0.2) is 46.4 Å². The van der Waals surface area contributed by atoms with Gasteiger partial charge in [-0.2, -0.15) is 0 Å². The summed E-state index contributed by atoms with van der Waals surface area (Å²) in [6.07, 6.45) is 0.462. The molecule has 2 aliphatic rings. The minimum Gasteiger partial charge on any atom is -0.385 e. The van der Waals surface area contributed by atoms with E-state index >= 15 is 0 Å². The second-order valence-electron chi connectivity index (χ2n) is 9.85. The summed E-state index contributed by atoms with van der Waals surface area (Å²) >= 11 is 0. The van der Waals surface area contributed by atoms with Crippen LogP contribution < -0.4 is 0 Å². The first kappa shape index (κ1) is 21.5. The number of oxime groups is 1. The first-order valence-electron chi connectivity index (χ1n) is 10.8. The molecule has 2 aliphatic heterocycles. The number of rotatable bonds is 3. The molecule has 0 saturated carbocycles. The molecule has 6 heteroatoms. The highest BCUT2D eigenvalue weighted by atomic mass is 19.1. The standard InChI is InChI=1S/C25H30FN3O2/c1-17(2)28-15-25(14-22(27-31-25)20-8-6-7-9-21(20)26)16-29(28)23(30)18-10-12-19(13-11-18)24(3,4)5/h6-13,17H,14-16H2,1-5H3. The lowest BCUT2D eigenvalue weighted by molar-refractivity contribution is -0.00412. The number of carbonyl (C=O) groups excluding carboxylic acids is 1. The SMILES string of the molecule is CC(C)N1CC2(CC(c3ccccc3F)=NO2)CN1C(=O)c1ccc(C(C)(C)C)cc1. The lowest BCUT2D eigenvalue weighted by Crippen LogP contribution is -2.44. The third-order valence-electron chi connectivity index (χ3n) is 6.05. The van der Waals surface area contributed by atoms with Gasteiger partial charge in [0.25, 0.3) is 5.91 Å². The van der Waals surface area contributed by atoms with E-state index in [4.69, 9.17) is 4.84 Å². The number of nitrogens with zero attached hydrogens (tertiary/aromatic N) is 3. The average Bonchev–Trinajstić information content (AvgIpc) is 3.31. The van der Waals surface area contributed by atoms with Crippen molar-refractivity contribution in [2.24, 2.45) is 5.16 Å². The summed E-state index contributed by atoms with van der Waals surface area (Å²) in [4.78, 5) is 19.3. The van der Waals surface area contributed by atoms with Crippen LogP contribution in [0.1, 0.15) is 62.5 Å². The van der Waals surface area contributed by atoms with Crippen LogP contribution in [-0.2, 0) is 10.3 Å². The molecule has 1 spiro atoms. The maximum atomic E-state index is 14.3. The summed E-state index contributed by atoms with van der Waals surface area (Å²) in [6.45, 7) is 11.5. The Morgan fingerprint density at radius 3 is 2.39 bits per heavy atom. The van der Waals surface area contributed by atoms with E-state index < -0.39 is 5.60 Å². The van der Waals surface area contributed by atoms with Gasteiger partial charge in [-0.1, -0.05) is 56.3 Å². The molecule has 1 unspecified atom stereocenters. The smallest absolute Gasteiger partial charge is 0.268 e. The first-order chi connectivity index (χ1) is 14.6. The summed E-state index contributed by atoms with van der Waals surface area (Å²) in [5, 5.41) is 8.00. The molecule has 2 aromatic rings. The van der Waals surface area contributed by atoms with Gasteiger partial charge in [0, 0.05) is 23.6 Å². The van der Waals surface area contributed by atoms with Gasteiger partial charge < -0.3 is 4.84 Å². The molecular weight excluding hydrogens is 393 g/mol. The molecule has 1 saturated heterocycles. The zero-order chi connectivity index (χ0) is 22.4. The molecule has 5 nitrogen and oxygen atoms in total. The molecule has 0 N–H and O–H groups in total. The second kappa shape index (κ2) is 7.75. The van der Waals surface area contributed by atoms with Crippen LogP contribution in [0.2, 0.25) is 0 Å². The van der Waals surface area contributed by atoms with E-state index in [1.807, 2.05) is 29.3 Å². The topological polar surface area (TPSA) is 45.1 Å². The van der Waals surface area contributed by atoms with Crippen LogP contribution >= 0.6 is 0 Å². The fourth-order valence-corrected chi connectivity index (χ4v) is 4.24. The van der Waals surface area contributed by atoms with Crippen LogP contribution in [0, 0.1) is 5.82 Å². The molecule has 0 radical (unpaired) electrons. The Morgan fingerprint density at radius 1 is 1.10 bits per heavy atom. The number of hydrazine groups is 1. The summed E-state index contributed by atoms with van der Waals surface area (Å²) < 4.78 is 14.3. The van der Waals surface area contributed by atoms with Gasteiger partial charge >= 0.3 is 0 Å². The van der Waals surface area contributed by atoms with Gasteiger partial charge in [0.1, 0.15) is 5.82 Å². The monoisotopic (exact) mass is 423 g/mol. The summed E-state index contributed by atoms with van der Waals surface area (Å²) in [6, 6.07) is 14.5. The van der Waals surface area contributed by atoms with E-state index in [0.717, 1.165) is 0 Å². The summed E-state index contributed by atoms with van der Waals surface area (Å²) in [7, 11) is 0. The lowest BCUT2D eigenvalue weighted by atomic mass is 9.86. The van der Waals surface area contributed by atoms with Crippen molar-refractivity contribution in [3.8, 4) is 0 Å². The Balaban J connectivity index is 1.55. The maximum absolute atomic E-state index is 14.3. The summed E-state index contributed by atoms with van der Waals surface area (Å²) in [5.41, 5.74) is 2.24. The summed E-state index contributed by atoms with van der Waals surface area (Å²) in [5.74, 6) is -0.374. The minimum absolute atomic E-state index is 0.0292. The number of hydrogen-bond acceptors (Lipinski definition) is 4. The highest BCUT2D eigenvalue weighted by Gasteiger charge is 2.51. The number of carbonyl (C=O) groups is 1. The van der Waals surface area contributed by atoms with E-state index in [0.29, 0.717) is 36.3 Å². The van der Waals surface area contributed by atoms with E-state index in [-0.39, 0.29) is 23.2 Å². The number of halogens is 1. The third kappa shape index (κ3) is 4.09. The number of amides is 1. The Labute approximate surface area is 183 Å². The van der Waals surface area contributed by atoms with Crippen molar-refractivity contribution in [1.82, 2.24) is 10.0 Å². The van der Waals surface area contributed by atoms with Gasteiger partial charge in [0.05, 0.1) is 18.8 Å². The zero-order valence-corrected chi connectivity index (χ0v) is 18.9. The van der Waals surface area contributed by atoms with Crippen LogP contribution in [0.15, 0.2) is 53.7 Å². The highest BCUT2D eigenvalue weighted by molar-refractivity contribution is 6.02. The highest BCUT2D eigenvalue weighted by Crippen LogP contribution is 2.36. The molecule has 31 heavy (non-hydrogen) atoms. The van der Waals surface area contributed by atoms with E-state index in [9.17, 15) is 9.18 Å². The number of benzene rings is 2. The average molecular weight is 424 g/mol. The van der Waals surface area contributed by atoms with Gasteiger partial charge in [0.2, 0.25) is 0 Å². The van der Waals surface area contributed by atoms with E-state index in [1.165, 1.54) is 11.6 Å². The Kier molecular flexibility index (Phi) is 5.38. The molecule has 2 aromatic carbocycles. The van der Waals surface area contributed by atoms with E-state index in [2.05, 4.69) is 39.8 Å². The predicted molar refractivity (Wildman–Crippen MR) is 119 cm³/mol. The minimum atomic E-state index is -0.664. The van der Waals surface area contributed by atoms with Gasteiger partial charge in [-0.3, -0.25) is 9.80 Å². The molecule has 2 heterocycles. The third-order valence-corrected chi connectivity index (χ3v) is 6.05. The molecule has 4 rings (SSSR count). The maximum Gasteiger partial charge on any atom is 0.268 e.